The van der Waals surface area contributed by atoms with Gasteiger partial charge in [-0.3, -0.25) is 4.90 Å². The summed E-state index contributed by atoms with van der Waals surface area (Å²) in [6.07, 6.45) is 2.55. The van der Waals surface area contributed by atoms with E-state index >= 15 is 0 Å². The van der Waals surface area contributed by atoms with E-state index in [1.54, 1.807) is 0 Å². The maximum absolute atomic E-state index is 6.25. The first-order chi connectivity index (χ1) is 8.58. The SMILES string of the molecule is CC(c1cc(Cl)ccc1Cl)N(C)CC1CCCN1. The number of rotatable bonds is 4. The molecule has 0 aliphatic carbocycles. The summed E-state index contributed by atoms with van der Waals surface area (Å²) in [6, 6.07) is 6.55. The summed E-state index contributed by atoms with van der Waals surface area (Å²) in [4.78, 5) is 2.33. The summed E-state index contributed by atoms with van der Waals surface area (Å²) in [6.45, 7) is 4.36. The molecule has 0 bridgehead atoms. The number of nitrogens with zero attached hydrogens (tertiary/aromatic N) is 1. The van der Waals surface area contributed by atoms with Gasteiger partial charge in [-0.1, -0.05) is 23.2 Å². The van der Waals surface area contributed by atoms with Gasteiger partial charge in [-0.05, 0) is 57.1 Å². The zero-order chi connectivity index (χ0) is 13.1. The number of benzene rings is 1. The maximum atomic E-state index is 6.25. The lowest BCUT2D eigenvalue weighted by Crippen LogP contribution is -2.36. The molecule has 0 aromatic heterocycles. The van der Waals surface area contributed by atoms with Gasteiger partial charge in [0.05, 0.1) is 0 Å². The Kier molecular flexibility index (Phi) is 4.91. The predicted molar refractivity (Wildman–Crippen MR) is 78.5 cm³/mol. The number of nitrogens with one attached hydrogen (secondary N) is 1. The van der Waals surface area contributed by atoms with Crippen molar-refractivity contribution in [2.45, 2.75) is 31.8 Å². The Labute approximate surface area is 119 Å². The molecular formula is C14H20Cl2N2. The lowest BCUT2D eigenvalue weighted by Gasteiger charge is -2.28. The second-order valence-electron chi connectivity index (χ2n) is 5.07. The van der Waals surface area contributed by atoms with Gasteiger partial charge in [-0.15, -0.1) is 0 Å². The molecule has 2 atom stereocenters. The van der Waals surface area contributed by atoms with Crippen LogP contribution in [0.5, 0.6) is 0 Å². The van der Waals surface area contributed by atoms with Gasteiger partial charge in [0, 0.05) is 28.7 Å². The van der Waals surface area contributed by atoms with E-state index in [2.05, 4.69) is 24.2 Å². The van der Waals surface area contributed by atoms with Gasteiger partial charge in [-0.25, -0.2) is 0 Å². The maximum Gasteiger partial charge on any atom is 0.0454 e. The van der Waals surface area contributed by atoms with E-state index in [-0.39, 0.29) is 6.04 Å². The van der Waals surface area contributed by atoms with E-state index in [9.17, 15) is 0 Å². The first kappa shape index (κ1) is 14.1. The van der Waals surface area contributed by atoms with Crippen LogP contribution in [-0.2, 0) is 0 Å². The third kappa shape index (κ3) is 3.39. The number of likely N-dealkylation sites (N-methyl/N-ethyl adjacent to an activating group) is 1. The molecule has 1 aliphatic rings. The average Bonchev–Trinajstić information content (AvgIpc) is 2.84. The Bertz CT molecular complexity index is 403. The van der Waals surface area contributed by atoms with Crippen LogP contribution in [0.2, 0.25) is 10.0 Å². The van der Waals surface area contributed by atoms with Crippen LogP contribution in [-0.4, -0.2) is 31.1 Å². The zero-order valence-electron chi connectivity index (χ0n) is 10.9. The van der Waals surface area contributed by atoms with Gasteiger partial charge in [0.2, 0.25) is 0 Å². The molecule has 1 aromatic carbocycles. The fourth-order valence-corrected chi connectivity index (χ4v) is 2.95. The van der Waals surface area contributed by atoms with E-state index in [0.29, 0.717) is 6.04 Å². The average molecular weight is 287 g/mol. The zero-order valence-corrected chi connectivity index (χ0v) is 12.4. The number of hydrogen-bond donors (Lipinski definition) is 1. The number of hydrogen-bond acceptors (Lipinski definition) is 2. The normalized spacial score (nSPS) is 21.5. The van der Waals surface area contributed by atoms with Gasteiger partial charge >= 0.3 is 0 Å². The summed E-state index contributed by atoms with van der Waals surface area (Å²) in [5.41, 5.74) is 1.10. The molecule has 1 fully saturated rings. The van der Waals surface area contributed by atoms with Crippen LogP contribution in [0.15, 0.2) is 18.2 Å². The van der Waals surface area contributed by atoms with Gasteiger partial charge < -0.3 is 5.32 Å². The van der Waals surface area contributed by atoms with E-state index < -0.39 is 0 Å². The largest absolute Gasteiger partial charge is 0.313 e. The first-order valence-electron chi connectivity index (χ1n) is 6.46. The lowest BCUT2D eigenvalue weighted by molar-refractivity contribution is 0.238. The quantitative estimate of drug-likeness (QED) is 0.907. The van der Waals surface area contributed by atoms with Crippen LogP contribution < -0.4 is 5.32 Å². The molecule has 0 saturated carbocycles. The van der Waals surface area contributed by atoms with E-state index in [0.717, 1.165) is 28.7 Å². The van der Waals surface area contributed by atoms with Crippen LogP contribution in [0.3, 0.4) is 0 Å². The van der Waals surface area contributed by atoms with Crippen LogP contribution in [0.1, 0.15) is 31.4 Å². The number of halogens is 2. The van der Waals surface area contributed by atoms with Crippen molar-refractivity contribution < 1.29 is 0 Å². The van der Waals surface area contributed by atoms with Crippen LogP contribution >= 0.6 is 23.2 Å². The topological polar surface area (TPSA) is 15.3 Å². The fourth-order valence-electron chi connectivity index (χ4n) is 2.49. The third-order valence-corrected chi connectivity index (χ3v) is 4.32. The third-order valence-electron chi connectivity index (χ3n) is 3.74. The van der Waals surface area contributed by atoms with Crippen LogP contribution in [0, 0.1) is 0 Å². The molecule has 0 spiro atoms. The minimum atomic E-state index is 0.276. The Balaban J connectivity index is 2.04. The van der Waals surface area contributed by atoms with Gasteiger partial charge in [0.15, 0.2) is 0 Å². The summed E-state index contributed by atoms with van der Waals surface area (Å²) in [5, 5.41) is 5.05. The van der Waals surface area contributed by atoms with Crippen molar-refractivity contribution in [2.24, 2.45) is 0 Å². The van der Waals surface area contributed by atoms with Crippen molar-refractivity contribution in [3.63, 3.8) is 0 Å². The molecule has 0 radical (unpaired) electrons. The van der Waals surface area contributed by atoms with Crippen molar-refractivity contribution in [3.05, 3.63) is 33.8 Å². The highest BCUT2D eigenvalue weighted by atomic mass is 35.5. The highest BCUT2D eigenvalue weighted by Gasteiger charge is 2.20. The fraction of sp³-hybridized carbons (Fsp3) is 0.571. The Morgan fingerprint density at radius 1 is 1.44 bits per heavy atom. The summed E-state index contributed by atoms with van der Waals surface area (Å²) in [7, 11) is 2.14. The van der Waals surface area contributed by atoms with Crippen molar-refractivity contribution in [3.8, 4) is 0 Å². The van der Waals surface area contributed by atoms with Gasteiger partial charge in [0.1, 0.15) is 0 Å². The molecule has 100 valence electrons. The second kappa shape index (κ2) is 6.25. The Morgan fingerprint density at radius 3 is 2.89 bits per heavy atom. The van der Waals surface area contributed by atoms with Crippen LogP contribution in [0.4, 0.5) is 0 Å². The molecule has 2 rings (SSSR count). The first-order valence-corrected chi connectivity index (χ1v) is 7.22. The molecule has 1 aromatic rings. The molecule has 1 saturated heterocycles. The van der Waals surface area contributed by atoms with Crippen molar-refractivity contribution >= 4 is 23.2 Å². The van der Waals surface area contributed by atoms with Crippen LogP contribution in [0.25, 0.3) is 0 Å². The molecule has 1 N–H and O–H groups in total. The molecule has 0 amide bonds. The highest BCUT2D eigenvalue weighted by molar-refractivity contribution is 6.33. The van der Waals surface area contributed by atoms with E-state index in [1.807, 2.05) is 18.2 Å². The summed E-state index contributed by atoms with van der Waals surface area (Å²) >= 11 is 12.3. The van der Waals surface area contributed by atoms with Crippen molar-refractivity contribution in [1.82, 2.24) is 10.2 Å². The molecule has 4 heteroatoms. The predicted octanol–water partition coefficient (Wildman–Crippen LogP) is 3.74. The standard InChI is InChI=1S/C14H20Cl2N2/c1-10(13-8-11(15)5-6-14(13)16)18(2)9-12-4-3-7-17-12/h5-6,8,10,12,17H,3-4,7,9H2,1-2H3. The minimum absolute atomic E-state index is 0.276. The monoisotopic (exact) mass is 286 g/mol. The summed E-state index contributed by atoms with van der Waals surface area (Å²) in [5.74, 6) is 0. The van der Waals surface area contributed by atoms with Crippen molar-refractivity contribution in [1.29, 1.82) is 0 Å². The Hall–Kier alpha value is -0.280. The minimum Gasteiger partial charge on any atom is -0.313 e. The smallest absolute Gasteiger partial charge is 0.0454 e. The lowest BCUT2D eigenvalue weighted by atomic mass is 10.1. The second-order valence-corrected chi connectivity index (χ2v) is 5.92. The Morgan fingerprint density at radius 2 is 2.22 bits per heavy atom. The van der Waals surface area contributed by atoms with E-state index in [1.165, 1.54) is 12.8 Å². The molecule has 2 nitrogen and oxygen atoms in total. The molecule has 18 heavy (non-hydrogen) atoms. The molecule has 1 aliphatic heterocycles. The van der Waals surface area contributed by atoms with Gasteiger partial charge in [-0.2, -0.15) is 0 Å². The van der Waals surface area contributed by atoms with Gasteiger partial charge in [0.25, 0.3) is 0 Å². The molecular weight excluding hydrogens is 267 g/mol. The summed E-state index contributed by atoms with van der Waals surface area (Å²) < 4.78 is 0. The highest BCUT2D eigenvalue weighted by Crippen LogP contribution is 2.29. The molecule has 1 heterocycles. The molecule has 2 unspecified atom stereocenters. The van der Waals surface area contributed by atoms with Crippen molar-refractivity contribution in [2.75, 3.05) is 20.1 Å². The van der Waals surface area contributed by atoms with E-state index in [4.69, 9.17) is 23.2 Å².